The number of carboxylic acids is 1. The fourth-order valence-corrected chi connectivity index (χ4v) is 11.3. The van der Waals surface area contributed by atoms with Crippen LogP contribution in [0.4, 0.5) is 5.69 Å². The molecule has 6 rings (SSSR count). The molecular formula is C42H56N2O6. The third kappa shape index (κ3) is 6.62. The molecule has 1 aromatic heterocycles. The maximum Gasteiger partial charge on any atom is 0.303 e. The molecule has 1 heterocycles. The van der Waals surface area contributed by atoms with Gasteiger partial charge in [-0.15, -0.1) is 0 Å². The van der Waals surface area contributed by atoms with Gasteiger partial charge in [0.25, 0.3) is 0 Å². The normalized spacial score (nSPS) is 36.6. The van der Waals surface area contributed by atoms with Gasteiger partial charge < -0.3 is 25.7 Å². The second kappa shape index (κ2) is 13.7. The number of aryl methyl sites for hydroxylation is 2. The van der Waals surface area contributed by atoms with E-state index in [4.69, 9.17) is 0 Å². The minimum absolute atomic E-state index is 0.0192. The van der Waals surface area contributed by atoms with E-state index in [-0.39, 0.29) is 58.5 Å². The first-order valence-corrected chi connectivity index (χ1v) is 18.7. The largest absolute Gasteiger partial charge is 0.481 e. The van der Waals surface area contributed by atoms with Crippen molar-refractivity contribution < 1.29 is 30.0 Å². The number of benzene rings is 1. The Morgan fingerprint density at radius 2 is 1.78 bits per heavy atom. The minimum Gasteiger partial charge on any atom is -0.481 e. The lowest BCUT2D eigenvalue weighted by Crippen LogP contribution is -2.63. The van der Waals surface area contributed by atoms with E-state index < -0.39 is 23.8 Å². The number of fused-ring (bicyclic) bond motifs is 5. The molecule has 1 aromatic carbocycles. The number of pyridine rings is 1. The average Bonchev–Trinajstić information content (AvgIpc) is 3.41. The van der Waals surface area contributed by atoms with Crippen molar-refractivity contribution in [3.05, 3.63) is 58.4 Å². The number of aliphatic carboxylic acids is 1. The maximum absolute atomic E-state index is 12.2. The fourth-order valence-electron chi connectivity index (χ4n) is 11.3. The summed E-state index contributed by atoms with van der Waals surface area (Å²) in [5.74, 6) is 6.69. The summed E-state index contributed by atoms with van der Waals surface area (Å²) in [6.07, 6.45) is 4.84. The third-order valence-electron chi connectivity index (χ3n) is 14.0. The first kappa shape index (κ1) is 36.5. The van der Waals surface area contributed by atoms with Crippen molar-refractivity contribution in [2.45, 2.75) is 124 Å². The summed E-state index contributed by atoms with van der Waals surface area (Å²) in [6, 6.07) is 9.83. The summed E-state index contributed by atoms with van der Waals surface area (Å²) < 4.78 is 0. The Kier molecular flexibility index (Phi) is 10.0. The molecule has 4 saturated carbocycles. The smallest absolute Gasteiger partial charge is 0.303 e. The highest BCUT2D eigenvalue weighted by molar-refractivity contribution is 6.00. The van der Waals surface area contributed by atoms with Gasteiger partial charge >= 0.3 is 5.97 Å². The van der Waals surface area contributed by atoms with Gasteiger partial charge in [0.15, 0.2) is 5.78 Å². The van der Waals surface area contributed by atoms with E-state index in [2.05, 4.69) is 42.9 Å². The molecule has 4 aliphatic carbocycles. The Morgan fingerprint density at radius 1 is 1.06 bits per heavy atom. The van der Waals surface area contributed by atoms with Crippen molar-refractivity contribution in [2.24, 2.45) is 46.3 Å². The van der Waals surface area contributed by atoms with Crippen molar-refractivity contribution in [1.82, 2.24) is 4.98 Å². The monoisotopic (exact) mass is 684 g/mol. The minimum atomic E-state index is -1.14. The molecule has 11 unspecified atom stereocenters. The number of carboxylic acid groups (broad SMARTS) is 1. The Balaban J connectivity index is 1.12. The number of Topliss-reactive ketones (excluding diaryl/α,β-unsaturated/α-hetero) is 1. The first-order valence-electron chi connectivity index (χ1n) is 18.7. The van der Waals surface area contributed by atoms with Crippen molar-refractivity contribution in [2.75, 3.05) is 5.32 Å². The van der Waals surface area contributed by atoms with Gasteiger partial charge in [0.1, 0.15) is 5.60 Å². The van der Waals surface area contributed by atoms with Crippen molar-refractivity contribution >= 4 is 17.4 Å². The van der Waals surface area contributed by atoms with Gasteiger partial charge in [-0.1, -0.05) is 44.7 Å². The predicted molar refractivity (Wildman–Crippen MR) is 193 cm³/mol. The van der Waals surface area contributed by atoms with Crippen LogP contribution < -0.4 is 5.32 Å². The number of aromatic nitrogens is 1. The molecule has 8 nitrogen and oxygen atoms in total. The lowest BCUT2D eigenvalue weighted by atomic mass is 9.42. The molecular weight excluding hydrogens is 628 g/mol. The second-order valence-corrected chi connectivity index (χ2v) is 16.9. The highest BCUT2D eigenvalue weighted by Gasteiger charge is 2.66. The molecule has 50 heavy (non-hydrogen) atoms. The van der Waals surface area contributed by atoms with E-state index in [1.54, 1.807) is 6.92 Å². The van der Waals surface area contributed by atoms with E-state index in [0.29, 0.717) is 44.2 Å². The number of aliphatic hydroxyl groups is 3. The Bertz CT molecular complexity index is 1680. The van der Waals surface area contributed by atoms with Gasteiger partial charge in [-0.2, -0.15) is 0 Å². The van der Waals surface area contributed by atoms with E-state index in [1.807, 2.05) is 44.2 Å². The van der Waals surface area contributed by atoms with Gasteiger partial charge in [0, 0.05) is 29.9 Å². The summed E-state index contributed by atoms with van der Waals surface area (Å²) in [5.41, 5.74) is 3.26. The topological polar surface area (TPSA) is 140 Å². The van der Waals surface area contributed by atoms with E-state index in [9.17, 15) is 30.0 Å². The van der Waals surface area contributed by atoms with Crippen LogP contribution in [-0.4, -0.2) is 55.0 Å². The molecule has 5 N–H and O–H groups in total. The molecule has 0 aliphatic heterocycles. The van der Waals surface area contributed by atoms with Crippen LogP contribution in [0.25, 0.3) is 0 Å². The molecule has 0 radical (unpaired) electrons. The lowest BCUT2D eigenvalue weighted by Gasteiger charge is -2.64. The molecule has 2 aromatic rings. The van der Waals surface area contributed by atoms with E-state index >= 15 is 0 Å². The fraction of sp³-hybridized carbons (Fsp3) is 0.643. The van der Waals surface area contributed by atoms with Crippen LogP contribution in [0, 0.1) is 72.0 Å². The number of ketones is 1. The Hall–Kier alpha value is -3.25. The van der Waals surface area contributed by atoms with Crippen LogP contribution >= 0.6 is 0 Å². The molecule has 270 valence electrons. The first-order chi connectivity index (χ1) is 23.6. The average molecular weight is 685 g/mol. The highest BCUT2D eigenvalue weighted by atomic mass is 16.4. The number of carbonyl (C=O) groups is 2. The second-order valence-electron chi connectivity index (χ2n) is 16.9. The number of nitrogens with zero attached hydrogens (tertiary/aromatic N) is 1. The van der Waals surface area contributed by atoms with Gasteiger partial charge in [0.05, 0.1) is 23.5 Å². The summed E-state index contributed by atoms with van der Waals surface area (Å²) >= 11 is 0. The molecule has 11 atom stereocenters. The molecule has 0 spiro atoms. The van der Waals surface area contributed by atoms with Crippen LogP contribution in [-0.2, 0) is 11.3 Å². The van der Waals surface area contributed by atoms with Crippen molar-refractivity contribution in [3.63, 3.8) is 0 Å². The van der Waals surface area contributed by atoms with Crippen molar-refractivity contribution in [3.8, 4) is 11.8 Å². The molecule has 4 fully saturated rings. The van der Waals surface area contributed by atoms with Gasteiger partial charge in [0.2, 0.25) is 0 Å². The zero-order chi connectivity index (χ0) is 36.2. The summed E-state index contributed by atoms with van der Waals surface area (Å²) in [7, 11) is 0. The SMILES string of the molecule is CC(=O)c1c(NCc2ccc(C#CC3(O)CCC4(C)C(CC(O)C5C4CC(O)C4(C)C(C(C)CCC(=O)O)CCC54)C3)cc2)cc(C)nc1C. The number of hydrogen-bond acceptors (Lipinski definition) is 7. The lowest BCUT2D eigenvalue weighted by molar-refractivity contribution is -0.211. The van der Waals surface area contributed by atoms with Gasteiger partial charge in [-0.3, -0.25) is 14.6 Å². The van der Waals surface area contributed by atoms with Crippen LogP contribution in [0.3, 0.4) is 0 Å². The van der Waals surface area contributed by atoms with Crippen LogP contribution in [0.2, 0.25) is 0 Å². The number of nitrogens with one attached hydrogen (secondary N) is 1. The summed E-state index contributed by atoms with van der Waals surface area (Å²) in [5, 5.41) is 48.1. The Labute approximate surface area is 297 Å². The Morgan fingerprint density at radius 3 is 2.46 bits per heavy atom. The number of rotatable bonds is 8. The predicted octanol–water partition coefficient (Wildman–Crippen LogP) is 6.70. The number of aliphatic hydroxyl groups excluding tert-OH is 2. The zero-order valence-corrected chi connectivity index (χ0v) is 30.6. The summed E-state index contributed by atoms with van der Waals surface area (Å²) in [6.45, 7) is 12.5. The number of anilines is 1. The van der Waals surface area contributed by atoms with Crippen molar-refractivity contribution in [1.29, 1.82) is 0 Å². The standard InChI is InChI=1S/C42H56N2O6/c1-24(7-14-37(48)49)31-12-13-32-39-33(21-36(47)41(31,32)6)40(5)17-18-42(50,22-30(40)20-35(39)46)16-15-28-8-10-29(11-9-28)23-43-34-19-25(2)44-26(3)38(34)27(4)45/h8-11,19,24,30-33,35-36,39,46-47,50H,7,12-14,17-18,20-23H2,1-6H3,(H,43,44)(H,48,49). The number of hydrogen-bond donors (Lipinski definition) is 5. The van der Waals surface area contributed by atoms with Gasteiger partial charge in [-0.05, 0) is 142 Å². The quantitative estimate of drug-likeness (QED) is 0.153. The maximum atomic E-state index is 12.2. The zero-order valence-electron chi connectivity index (χ0n) is 30.6. The molecule has 8 heteroatoms. The molecule has 4 aliphatic rings. The van der Waals surface area contributed by atoms with Crippen LogP contribution in [0.5, 0.6) is 0 Å². The van der Waals surface area contributed by atoms with E-state index in [1.165, 1.54) is 0 Å². The van der Waals surface area contributed by atoms with Gasteiger partial charge in [-0.25, -0.2) is 0 Å². The molecule has 0 amide bonds. The summed E-state index contributed by atoms with van der Waals surface area (Å²) in [4.78, 5) is 28.0. The van der Waals surface area contributed by atoms with Crippen LogP contribution in [0.15, 0.2) is 30.3 Å². The van der Waals surface area contributed by atoms with E-state index in [0.717, 1.165) is 47.5 Å². The molecule has 0 saturated heterocycles. The number of carbonyl (C=O) groups excluding carboxylic acids is 1. The van der Waals surface area contributed by atoms with Crippen LogP contribution in [0.1, 0.15) is 118 Å². The molecule has 0 bridgehead atoms. The third-order valence-corrected chi connectivity index (χ3v) is 14.0. The highest BCUT2D eigenvalue weighted by Crippen LogP contribution is 2.69.